The van der Waals surface area contributed by atoms with E-state index in [4.69, 9.17) is 0 Å². The fraction of sp³-hybridized carbons (Fsp3) is 0.231. The predicted molar refractivity (Wildman–Crippen MR) is 119 cm³/mol. The minimum atomic E-state index is -0.336. The second-order valence-corrected chi connectivity index (χ2v) is 7.98. The third-order valence-electron chi connectivity index (χ3n) is 5.39. The third kappa shape index (κ3) is 5.79. The first-order chi connectivity index (χ1) is 15.1. The van der Waals surface area contributed by atoms with Crippen LogP contribution in [0, 0.1) is 11.7 Å². The fourth-order valence-electron chi connectivity index (χ4n) is 3.46. The zero-order valence-corrected chi connectivity index (χ0v) is 17.3. The highest BCUT2D eigenvalue weighted by Gasteiger charge is 2.22. The van der Waals surface area contributed by atoms with Crippen LogP contribution in [-0.2, 0) is 17.8 Å². The molecule has 1 saturated carbocycles. The molecule has 0 radical (unpaired) electrons. The van der Waals surface area contributed by atoms with Gasteiger partial charge in [0.2, 0.25) is 5.91 Å². The number of rotatable bonds is 8. The van der Waals surface area contributed by atoms with Crippen molar-refractivity contribution in [1.82, 2.24) is 5.32 Å². The van der Waals surface area contributed by atoms with Crippen LogP contribution in [0.25, 0.3) is 0 Å². The highest BCUT2D eigenvalue weighted by atomic mass is 19.1. The maximum Gasteiger partial charge on any atom is 0.258 e. The normalized spacial score (nSPS) is 12.9. The molecule has 1 fully saturated rings. The Hall–Kier alpha value is -3.47. The Labute approximate surface area is 181 Å². The number of hydrogen-bond donors (Lipinski definition) is 1. The summed E-state index contributed by atoms with van der Waals surface area (Å²) in [6.45, 7) is 0.997. The molecule has 2 amide bonds. The van der Waals surface area contributed by atoms with E-state index in [9.17, 15) is 14.0 Å². The Bertz CT molecular complexity index is 1050. The molecule has 0 unspecified atom stereocenters. The first-order valence-electron chi connectivity index (χ1n) is 10.6. The van der Waals surface area contributed by atoms with Gasteiger partial charge in [-0.2, -0.15) is 0 Å². The summed E-state index contributed by atoms with van der Waals surface area (Å²) in [5, 5.41) is 2.97. The van der Waals surface area contributed by atoms with Crippen molar-refractivity contribution >= 4 is 17.5 Å². The Morgan fingerprint density at radius 3 is 2.32 bits per heavy atom. The lowest BCUT2D eigenvalue weighted by Crippen LogP contribution is -2.30. The van der Waals surface area contributed by atoms with E-state index in [0.717, 1.165) is 12.1 Å². The number of anilines is 1. The Balaban J connectivity index is 1.52. The molecule has 0 aliphatic heterocycles. The molecule has 4 nitrogen and oxygen atoms in total. The predicted octanol–water partition coefficient (Wildman–Crippen LogP) is 4.74. The number of amides is 2. The van der Waals surface area contributed by atoms with E-state index in [1.165, 1.54) is 25.0 Å². The van der Waals surface area contributed by atoms with Gasteiger partial charge in [0.15, 0.2) is 0 Å². The molecule has 4 rings (SSSR count). The summed E-state index contributed by atoms with van der Waals surface area (Å²) < 4.78 is 13.7. The zero-order valence-electron chi connectivity index (χ0n) is 17.3. The Morgan fingerprint density at radius 1 is 0.903 bits per heavy atom. The van der Waals surface area contributed by atoms with E-state index in [1.54, 1.807) is 29.2 Å². The smallest absolute Gasteiger partial charge is 0.258 e. The molecule has 3 aromatic carbocycles. The molecule has 1 aliphatic rings. The molecule has 5 heteroatoms. The van der Waals surface area contributed by atoms with Crippen LogP contribution in [0.3, 0.4) is 0 Å². The highest BCUT2D eigenvalue weighted by Crippen LogP contribution is 2.27. The molecule has 0 saturated heterocycles. The van der Waals surface area contributed by atoms with E-state index in [2.05, 4.69) is 5.32 Å². The Kier molecular flexibility index (Phi) is 6.41. The van der Waals surface area contributed by atoms with Gasteiger partial charge in [-0.05, 0) is 66.3 Å². The topological polar surface area (TPSA) is 49.4 Å². The number of hydrogen-bond acceptors (Lipinski definition) is 2. The molecular formula is C26H25FN2O2. The average molecular weight is 416 g/mol. The van der Waals surface area contributed by atoms with Gasteiger partial charge in [0.05, 0.1) is 13.0 Å². The molecule has 3 aromatic rings. The number of halogens is 1. The van der Waals surface area contributed by atoms with E-state index < -0.39 is 0 Å². The number of benzene rings is 3. The molecule has 1 N–H and O–H groups in total. The number of carbonyl (C=O) groups excluding carboxylic acids is 2. The minimum absolute atomic E-state index is 0.0108. The van der Waals surface area contributed by atoms with Crippen LogP contribution in [0.1, 0.15) is 34.3 Å². The summed E-state index contributed by atoms with van der Waals surface area (Å²) in [5.41, 5.74) is 2.84. The first kappa shape index (κ1) is 20.8. The average Bonchev–Trinajstić information content (AvgIpc) is 3.62. The molecular weight excluding hydrogens is 391 g/mol. The van der Waals surface area contributed by atoms with Gasteiger partial charge >= 0.3 is 0 Å². The van der Waals surface area contributed by atoms with Gasteiger partial charge in [0, 0.05) is 17.8 Å². The first-order valence-corrected chi connectivity index (χ1v) is 10.6. The quantitative estimate of drug-likeness (QED) is 0.577. The van der Waals surface area contributed by atoms with Crippen LogP contribution < -0.4 is 10.2 Å². The standard InChI is InChI=1S/C26H25FN2O2/c27-23-8-4-5-21(15-23)18-29(26(31)22-6-2-1-3-7-22)24-13-11-19(12-14-24)16-25(30)28-17-20-9-10-20/h1-8,11-15,20H,9-10,16-18H2,(H,28,30). The second-order valence-electron chi connectivity index (χ2n) is 7.98. The molecule has 0 spiro atoms. The monoisotopic (exact) mass is 416 g/mol. The zero-order chi connectivity index (χ0) is 21.6. The van der Waals surface area contributed by atoms with Crippen molar-refractivity contribution in [3.05, 3.63) is 101 Å². The molecule has 1 aliphatic carbocycles. The van der Waals surface area contributed by atoms with Crippen LogP contribution in [0.15, 0.2) is 78.9 Å². The van der Waals surface area contributed by atoms with Gasteiger partial charge in [-0.15, -0.1) is 0 Å². The maximum atomic E-state index is 13.7. The third-order valence-corrected chi connectivity index (χ3v) is 5.39. The van der Waals surface area contributed by atoms with Gasteiger partial charge in [0.1, 0.15) is 5.82 Å². The van der Waals surface area contributed by atoms with Crippen LogP contribution in [0.4, 0.5) is 10.1 Å². The largest absolute Gasteiger partial charge is 0.356 e. The second kappa shape index (κ2) is 9.56. The van der Waals surface area contributed by atoms with Crippen molar-refractivity contribution in [2.75, 3.05) is 11.4 Å². The van der Waals surface area contributed by atoms with Gasteiger partial charge in [0.25, 0.3) is 5.91 Å². The van der Waals surface area contributed by atoms with Crippen LogP contribution in [0.2, 0.25) is 0 Å². The number of carbonyl (C=O) groups is 2. The molecule has 0 heterocycles. The fourth-order valence-corrected chi connectivity index (χ4v) is 3.46. The SMILES string of the molecule is O=C(Cc1ccc(N(Cc2cccc(F)c2)C(=O)c2ccccc2)cc1)NCC1CC1. The number of nitrogens with zero attached hydrogens (tertiary/aromatic N) is 1. The van der Waals surface area contributed by atoms with Crippen molar-refractivity contribution in [2.24, 2.45) is 5.92 Å². The van der Waals surface area contributed by atoms with Gasteiger partial charge < -0.3 is 10.2 Å². The summed E-state index contributed by atoms with van der Waals surface area (Å²) in [5.74, 6) is 0.153. The van der Waals surface area contributed by atoms with E-state index in [1.807, 2.05) is 42.5 Å². The van der Waals surface area contributed by atoms with Crippen molar-refractivity contribution < 1.29 is 14.0 Å². The van der Waals surface area contributed by atoms with Crippen LogP contribution in [-0.4, -0.2) is 18.4 Å². The molecule has 0 atom stereocenters. The lowest BCUT2D eigenvalue weighted by atomic mass is 10.1. The molecule has 0 aromatic heterocycles. The summed E-state index contributed by atoms with van der Waals surface area (Å²) in [6.07, 6.45) is 2.71. The summed E-state index contributed by atoms with van der Waals surface area (Å²) in [6, 6.07) is 22.7. The van der Waals surface area contributed by atoms with E-state index in [0.29, 0.717) is 29.2 Å². The van der Waals surface area contributed by atoms with Crippen LogP contribution >= 0.6 is 0 Å². The van der Waals surface area contributed by atoms with Gasteiger partial charge in [-0.25, -0.2) is 4.39 Å². The molecule has 158 valence electrons. The maximum absolute atomic E-state index is 13.7. The van der Waals surface area contributed by atoms with E-state index in [-0.39, 0.29) is 24.2 Å². The van der Waals surface area contributed by atoms with Crippen molar-refractivity contribution in [1.29, 1.82) is 0 Å². The van der Waals surface area contributed by atoms with Crippen molar-refractivity contribution in [3.63, 3.8) is 0 Å². The van der Waals surface area contributed by atoms with Crippen molar-refractivity contribution in [2.45, 2.75) is 25.8 Å². The summed E-state index contributed by atoms with van der Waals surface area (Å²) in [7, 11) is 0. The lowest BCUT2D eigenvalue weighted by molar-refractivity contribution is -0.120. The van der Waals surface area contributed by atoms with Crippen molar-refractivity contribution in [3.8, 4) is 0 Å². The van der Waals surface area contributed by atoms with Gasteiger partial charge in [-0.3, -0.25) is 9.59 Å². The minimum Gasteiger partial charge on any atom is -0.356 e. The van der Waals surface area contributed by atoms with Gasteiger partial charge in [-0.1, -0.05) is 42.5 Å². The number of nitrogens with one attached hydrogen (secondary N) is 1. The van der Waals surface area contributed by atoms with Crippen LogP contribution in [0.5, 0.6) is 0 Å². The summed E-state index contributed by atoms with van der Waals surface area (Å²) in [4.78, 5) is 27.0. The summed E-state index contributed by atoms with van der Waals surface area (Å²) >= 11 is 0. The molecule has 0 bridgehead atoms. The Morgan fingerprint density at radius 2 is 1.65 bits per heavy atom. The molecule has 31 heavy (non-hydrogen) atoms. The highest BCUT2D eigenvalue weighted by molar-refractivity contribution is 6.06. The lowest BCUT2D eigenvalue weighted by Gasteiger charge is -2.23. The van der Waals surface area contributed by atoms with E-state index >= 15 is 0 Å².